The SMILES string of the molecule is CCC1CCC2CC(c3ccc4cc(C(=O)OC)ccc4c3)CCC2C1. The van der Waals surface area contributed by atoms with Crippen LogP contribution in [0.25, 0.3) is 10.8 Å². The molecule has 4 atom stereocenters. The molecular weight excluding hydrogens is 320 g/mol. The van der Waals surface area contributed by atoms with Gasteiger partial charge in [-0.25, -0.2) is 4.79 Å². The second-order valence-corrected chi connectivity index (χ2v) is 8.43. The van der Waals surface area contributed by atoms with Crippen LogP contribution in [0.4, 0.5) is 0 Å². The number of carbonyl (C=O) groups is 1. The van der Waals surface area contributed by atoms with Crippen molar-refractivity contribution in [1.29, 1.82) is 0 Å². The standard InChI is InChI=1S/C24H30O2/c1-3-16-4-5-18-13-19(7-6-17(18)12-16)20-8-9-22-15-23(24(25)26-2)11-10-21(22)14-20/h8-11,14-19H,3-7,12-13H2,1-2H3. The minimum absolute atomic E-state index is 0.267. The molecule has 138 valence electrons. The molecule has 26 heavy (non-hydrogen) atoms. The van der Waals surface area contributed by atoms with Crippen LogP contribution in [0.1, 0.15) is 73.7 Å². The summed E-state index contributed by atoms with van der Waals surface area (Å²) in [5.74, 6) is 3.34. The molecule has 0 aromatic heterocycles. The van der Waals surface area contributed by atoms with E-state index >= 15 is 0 Å². The lowest BCUT2D eigenvalue weighted by atomic mass is 9.63. The molecule has 0 amide bonds. The first-order valence-corrected chi connectivity index (χ1v) is 10.3. The topological polar surface area (TPSA) is 26.3 Å². The van der Waals surface area contributed by atoms with Gasteiger partial charge in [0, 0.05) is 0 Å². The highest BCUT2D eigenvalue weighted by atomic mass is 16.5. The van der Waals surface area contributed by atoms with E-state index < -0.39 is 0 Å². The normalized spacial score (nSPS) is 28.5. The largest absolute Gasteiger partial charge is 0.465 e. The molecule has 2 aromatic carbocycles. The number of hydrogen-bond donors (Lipinski definition) is 0. The fourth-order valence-electron chi connectivity index (χ4n) is 5.42. The molecular formula is C24H30O2. The Kier molecular flexibility index (Phi) is 5.02. The summed E-state index contributed by atoms with van der Waals surface area (Å²) in [4.78, 5) is 11.7. The van der Waals surface area contributed by atoms with Crippen molar-refractivity contribution >= 4 is 16.7 Å². The van der Waals surface area contributed by atoms with Crippen LogP contribution in [0.15, 0.2) is 36.4 Å². The van der Waals surface area contributed by atoms with Gasteiger partial charge in [0.15, 0.2) is 0 Å². The van der Waals surface area contributed by atoms with Gasteiger partial charge >= 0.3 is 5.97 Å². The number of esters is 1. The van der Waals surface area contributed by atoms with Crippen LogP contribution in [-0.4, -0.2) is 13.1 Å². The van der Waals surface area contributed by atoms with Gasteiger partial charge in [-0.3, -0.25) is 0 Å². The Balaban J connectivity index is 1.51. The third kappa shape index (κ3) is 3.39. The summed E-state index contributed by atoms with van der Waals surface area (Å²) >= 11 is 0. The predicted octanol–water partition coefficient (Wildman–Crippen LogP) is 6.34. The number of methoxy groups -OCH3 is 1. The van der Waals surface area contributed by atoms with Gasteiger partial charge in [0.2, 0.25) is 0 Å². The summed E-state index contributed by atoms with van der Waals surface area (Å²) < 4.78 is 4.83. The molecule has 4 unspecified atom stereocenters. The first-order chi connectivity index (χ1) is 12.7. The van der Waals surface area contributed by atoms with Crippen molar-refractivity contribution in [2.45, 2.75) is 57.8 Å². The van der Waals surface area contributed by atoms with Crippen LogP contribution >= 0.6 is 0 Å². The third-order valence-corrected chi connectivity index (χ3v) is 7.06. The molecule has 0 aliphatic heterocycles. The minimum atomic E-state index is -0.267. The molecule has 0 bridgehead atoms. The number of carbonyl (C=O) groups excluding carboxylic acids is 1. The average Bonchev–Trinajstić information content (AvgIpc) is 2.71. The maximum absolute atomic E-state index is 11.7. The summed E-state index contributed by atoms with van der Waals surface area (Å²) in [6, 6.07) is 12.7. The van der Waals surface area contributed by atoms with Crippen LogP contribution in [-0.2, 0) is 4.74 Å². The highest BCUT2D eigenvalue weighted by molar-refractivity contribution is 5.95. The predicted molar refractivity (Wildman–Crippen MR) is 106 cm³/mol. The first-order valence-electron chi connectivity index (χ1n) is 10.3. The van der Waals surface area contributed by atoms with E-state index in [0.29, 0.717) is 11.5 Å². The molecule has 0 spiro atoms. The summed E-state index contributed by atoms with van der Waals surface area (Å²) in [7, 11) is 1.43. The van der Waals surface area contributed by atoms with Crippen molar-refractivity contribution in [1.82, 2.24) is 0 Å². The molecule has 2 fully saturated rings. The Bertz CT molecular complexity index is 794. The summed E-state index contributed by atoms with van der Waals surface area (Å²) in [6.45, 7) is 2.36. The van der Waals surface area contributed by atoms with Gasteiger partial charge in [0.25, 0.3) is 0 Å². The number of hydrogen-bond acceptors (Lipinski definition) is 2. The lowest BCUT2D eigenvalue weighted by Gasteiger charge is -2.42. The fraction of sp³-hybridized carbons (Fsp3) is 0.542. The quantitative estimate of drug-likeness (QED) is 0.604. The van der Waals surface area contributed by atoms with Crippen molar-refractivity contribution < 1.29 is 9.53 Å². The van der Waals surface area contributed by atoms with Crippen LogP contribution in [0.5, 0.6) is 0 Å². The lowest BCUT2D eigenvalue weighted by molar-refractivity contribution is 0.0601. The molecule has 2 aliphatic rings. The fourth-order valence-corrected chi connectivity index (χ4v) is 5.42. The van der Waals surface area contributed by atoms with Crippen molar-refractivity contribution in [2.24, 2.45) is 17.8 Å². The molecule has 0 saturated heterocycles. The smallest absolute Gasteiger partial charge is 0.337 e. The summed E-state index contributed by atoms with van der Waals surface area (Å²) in [5.41, 5.74) is 2.11. The maximum Gasteiger partial charge on any atom is 0.337 e. The van der Waals surface area contributed by atoms with E-state index in [1.807, 2.05) is 12.1 Å². The van der Waals surface area contributed by atoms with Crippen molar-refractivity contribution in [3.8, 4) is 0 Å². The lowest BCUT2D eigenvalue weighted by Crippen LogP contribution is -2.30. The van der Waals surface area contributed by atoms with Crippen LogP contribution in [0.2, 0.25) is 0 Å². The highest BCUT2D eigenvalue weighted by Crippen LogP contribution is 2.48. The zero-order chi connectivity index (χ0) is 18.1. The average molecular weight is 351 g/mol. The molecule has 2 aliphatic carbocycles. The van der Waals surface area contributed by atoms with Gasteiger partial charge in [0.1, 0.15) is 0 Å². The Morgan fingerprint density at radius 2 is 1.69 bits per heavy atom. The van der Waals surface area contributed by atoms with Gasteiger partial charge < -0.3 is 4.74 Å². The Labute approximate surface area is 156 Å². The van der Waals surface area contributed by atoms with E-state index in [2.05, 4.69) is 31.2 Å². The molecule has 4 rings (SSSR count). The van der Waals surface area contributed by atoms with E-state index in [0.717, 1.165) is 23.1 Å². The van der Waals surface area contributed by atoms with Crippen molar-refractivity contribution in [3.05, 3.63) is 47.5 Å². The Morgan fingerprint density at radius 3 is 2.50 bits per heavy atom. The van der Waals surface area contributed by atoms with Crippen molar-refractivity contribution in [2.75, 3.05) is 7.11 Å². The van der Waals surface area contributed by atoms with Gasteiger partial charge in [-0.1, -0.05) is 44.0 Å². The van der Waals surface area contributed by atoms with Gasteiger partial charge in [-0.2, -0.15) is 0 Å². The molecule has 2 nitrogen and oxygen atoms in total. The van der Waals surface area contributed by atoms with Gasteiger partial charge in [-0.15, -0.1) is 0 Å². The summed E-state index contributed by atoms with van der Waals surface area (Å²) in [6.07, 6.45) is 9.84. The molecule has 0 radical (unpaired) electrons. The number of benzene rings is 2. The zero-order valence-electron chi connectivity index (χ0n) is 16.0. The van der Waals surface area contributed by atoms with E-state index in [-0.39, 0.29) is 5.97 Å². The van der Waals surface area contributed by atoms with Gasteiger partial charge in [0.05, 0.1) is 12.7 Å². The second-order valence-electron chi connectivity index (χ2n) is 8.43. The van der Waals surface area contributed by atoms with E-state index in [9.17, 15) is 4.79 Å². The van der Waals surface area contributed by atoms with E-state index in [4.69, 9.17) is 4.74 Å². The van der Waals surface area contributed by atoms with E-state index in [1.165, 1.54) is 63.0 Å². The highest BCUT2D eigenvalue weighted by Gasteiger charge is 2.35. The molecule has 0 N–H and O–H groups in total. The first kappa shape index (κ1) is 17.6. The minimum Gasteiger partial charge on any atom is -0.465 e. The maximum atomic E-state index is 11.7. The van der Waals surface area contributed by atoms with Crippen LogP contribution in [0, 0.1) is 17.8 Å². The van der Waals surface area contributed by atoms with Crippen molar-refractivity contribution in [3.63, 3.8) is 0 Å². The molecule has 0 heterocycles. The second kappa shape index (κ2) is 7.42. The zero-order valence-corrected chi connectivity index (χ0v) is 16.0. The number of ether oxygens (including phenoxy) is 1. The summed E-state index contributed by atoms with van der Waals surface area (Å²) in [5, 5.41) is 2.35. The Morgan fingerprint density at radius 1 is 0.962 bits per heavy atom. The Hall–Kier alpha value is -1.83. The number of rotatable bonds is 3. The third-order valence-electron chi connectivity index (χ3n) is 7.06. The van der Waals surface area contributed by atoms with Crippen LogP contribution in [0.3, 0.4) is 0 Å². The van der Waals surface area contributed by atoms with Crippen LogP contribution < -0.4 is 0 Å². The van der Waals surface area contributed by atoms with Gasteiger partial charge in [-0.05, 0) is 84.2 Å². The monoisotopic (exact) mass is 350 g/mol. The molecule has 2 heteroatoms. The molecule has 2 aromatic rings. The van der Waals surface area contributed by atoms with E-state index in [1.54, 1.807) is 0 Å². The number of fused-ring (bicyclic) bond motifs is 2. The molecule has 2 saturated carbocycles.